The molecule has 0 aliphatic rings. The molecular weight excluding hydrogens is 302 g/mol. The number of sulfonamides is 1. The van der Waals surface area contributed by atoms with Crippen LogP contribution >= 0.6 is 15.9 Å². The third-order valence-electron chi connectivity index (χ3n) is 2.56. The molecule has 5 heteroatoms. The highest BCUT2D eigenvalue weighted by atomic mass is 79.9. The van der Waals surface area contributed by atoms with Gasteiger partial charge in [-0.2, -0.15) is 0 Å². The molecule has 0 radical (unpaired) electrons. The zero-order valence-corrected chi connectivity index (χ0v) is 12.5. The van der Waals surface area contributed by atoms with Crippen LogP contribution < -0.4 is 4.72 Å². The third kappa shape index (κ3) is 4.77. The van der Waals surface area contributed by atoms with Gasteiger partial charge in [0, 0.05) is 11.9 Å². The molecule has 1 aromatic carbocycles. The number of hydrogen-bond acceptors (Lipinski definition) is 2. The molecule has 0 amide bonds. The number of rotatable bonds is 6. The standard InChI is InChI=1S/C12H18BrNO2S/c1-10-3-5-12(6-4-10)17(15,16)14-9-11(2)7-8-13/h3-6,11,14H,7-9H2,1-2H3. The summed E-state index contributed by atoms with van der Waals surface area (Å²) in [6, 6.07) is 6.87. The molecule has 0 bridgehead atoms. The lowest BCUT2D eigenvalue weighted by Gasteiger charge is -2.11. The Labute approximate surface area is 112 Å². The SMILES string of the molecule is Cc1ccc(S(=O)(=O)NCC(C)CCBr)cc1. The summed E-state index contributed by atoms with van der Waals surface area (Å²) in [6.45, 7) is 4.43. The lowest BCUT2D eigenvalue weighted by Crippen LogP contribution is -2.28. The van der Waals surface area contributed by atoms with Gasteiger partial charge in [-0.25, -0.2) is 13.1 Å². The highest BCUT2D eigenvalue weighted by Gasteiger charge is 2.14. The first-order valence-electron chi connectivity index (χ1n) is 5.58. The molecule has 0 spiro atoms. The van der Waals surface area contributed by atoms with Crippen LogP contribution in [0.3, 0.4) is 0 Å². The van der Waals surface area contributed by atoms with Gasteiger partial charge in [-0.1, -0.05) is 40.5 Å². The highest BCUT2D eigenvalue weighted by Crippen LogP contribution is 2.11. The Hall–Kier alpha value is -0.390. The van der Waals surface area contributed by atoms with Gasteiger partial charge in [-0.15, -0.1) is 0 Å². The van der Waals surface area contributed by atoms with Gasteiger partial charge < -0.3 is 0 Å². The maximum absolute atomic E-state index is 11.9. The second-order valence-electron chi connectivity index (χ2n) is 4.25. The Morgan fingerprint density at radius 2 is 1.88 bits per heavy atom. The summed E-state index contributed by atoms with van der Waals surface area (Å²) < 4.78 is 26.5. The Bertz CT molecular complexity index is 442. The number of aryl methyl sites for hydroxylation is 1. The van der Waals surface area contributed by atoms with Crippen molar-refractivity contribution in [1.29, 1.82) is 0 Å². The van der Waals surface area contributed by atoms with Crippen LogP contribution in [-0.2, 0) is 10.0 Å². The predicted octanol–water partition coefficient (Wildman–Crippen LogP) is 2.69. The smallest absolute Gasteiger partial charge is 0.211 e. The van der Waals surface area contributed by atoms with E-state index in [-0.39, 0.29) is 0 Å². The topological polar surface area (TPSA) is 46.2 Å². The number of benzene rings is 1. The van der Waals surface area contributed by atoms with E-state index < -0.39 is 10.0 Å². The van der Waals surface area contributed by atoms with E-state index in [1.807, 2.05) is 13.8 Å². The van der Waals surface area contributed by atoms with Crippen LogP contribution in [0.2, 0.25) is 0 Å². The molecule has 1 rings (SSSR count). The van der Waals surface area contributed by atoms with Crippen LogP contribution in [0.5, 0.6) is 0 Å². The average molecular weight is 320 g/mol. The summed E-state index contributed by atoms with van der Waals surface area (Å²) in [6.07, 6.45) is 0.955. The Morgan fingerprint density at radius 1 is 1.29 bits per heavy atom. The summed E-state index contributed by atoms with van der Waals surface area (Å²) in [4.78, 5) is 0.328. The highest BCUT2D eigenvalue weighted by molar-refractivity contribution is 9.09. The molecule has 0 aliphatic heterocycles. The van der Waals surface area contributed by atoms with Crippen molar-refractivity contribution in [3.8, 4) is 0 Å². The van der Waals surface area contributed by atoms with Crippen LogP contribution in [0.1, 0.15) is 18.9 Å². The van der Waals surface area contributed by atoms with Gasteiger partial charge in [-0.3, -0.25) is 0 Å². The van der Waals surface area contributed by atoms with Crippen molar-refractivity contribution in [3.05, 3.63) is 29.8 Å². The number of halogens is 1. The summed E-state index contributed by atoms with van der Waals surface area (Å²) in [5, 5.41) is 0.889. The van der Waals surface area contributed by atoms with Crippen LogP contribution in [0.4, 0.5) is 0 Å². The van der Waals surface area contributed by atoms with Crippen molar-refractivity contribution in [3.63, 3.8) is 0 Å². The van der Waals surface area contributed by atoms with Gasteiger partial charge in [-0.05, 0) is 31.4 Å². The van der Waals surface area contributed by atoms with Crippen molar-refractivity contribution < 1.29 is 8.42 Å². The quantitative estimate of drug-likeness (QED) is 0.819. The van der Waals surface area contributed by atoms with Crippen molar-refractivity contribution in [2.45, 2.75) is 25.2 Å². The van der Waals surface area contributed by atoms with Gasteiger partial charge in [0.25, 0.3) is 0 Å². The van der Waals surface area contributed by atoms with Crippen LogP contribution in [0.15, 0.2) is 29.2 Å². The molecule has 1 N–H and O–H groups in total. The molecule has 0 fully saturated rings. The predicted molar refractivity (Wildman–Crippen MR) is 73.9 cm³/mol. The van der Waals surface area contributed by atoms with Crippen LogP contribution in [0.25, 0.3) is 0 Å². The fourth-order valence-electron chi connectivity index (χ4n) is 1.34. The van der Waals surface area contributed by atoms with E-state index in [0.717, 1.165) is 17.3 Å². The van der Waals surface area contributed by atoms with Crippen LogP contribution in [-0.4, -0.2) is 20.3 Å². The van der Waals surface area contributed by atoms with E-state index in [0.29, 0.717) is 17.4 Å². The van der Waals surface area contributed by atoms with E-state index in [9.17, 15) is 8.42 Å². The van der Waals surface area contributed by atoms with Crippen molar-refractivity contribution in [1.82, 2.24) is 4.72 Å². The lowest BCUT2D eigenvalue weighted by atomic mass is 10.1. The summed E-state index contributed by atoms with van der Waals surface area (Å²) in [5.74, 6) is 0.328. The normalized spacial score (nSPS) is 13.6. The molecule has 1 aromatic rings. The second kappa shape index (κ2) is 6.52. The molecule has 0 heterocycles. The summed E-state index contributed by atoms with van der Waals surface area (Å²) in [7, 11) is -3.36. The molecule has 96 valence electrons. The molecule has 1 unspecified atom stereocenters. The van der Waals surface area contributed by atoms with E-state index >= 15 is 0 Å². The lowest BCUT2D eigenvalue weighted by molar-refractivity contribution is 0.532. The maximum Gasteiger partial charge on any atom is 0.240 e. The van der Waals surface area contributed by atoms with Gasteiger partial charge >= 0.3 is 0 Å². The summed E-state index contributed by atoms with van der Waals surface area (Å²) >= 11 is 3.35. The molecule has 1 atom stereocenters. The molecule has 0 aromatic heterocycles. The van der Waals surface area contributed by atoms with Crippen molar-refractivity contribution >= 4 is 26.0 Å². The van der Waals surface area contributed by atoms with Gasteiger partial charge in [0.15, 0.2) is 0 Å². The second-order valence-corrected chi connectivity index (χ2v) is 6.81. The average Bonchev–Trinajstić information content (AvgIpc) is 2.28. The zero-order chi connectivity index (χ0) is 12.9. The first kappa shape index (κ1) is 14.7. The minimum absolute atomic E-state index is 0.328. The molecule has 17 heavy (non-hydrogen) atoms. The van der Waals surface area contributed by atoms with Crippen molar-refractivity contribution in [2.24, 2.45) is 5.92 Å². The first-order chi connectivity index (χ1) is 7.95. The minimum atomic E-state index is -3.36. The Morgan fingerprint density at radius 3 is 2.41 bits per heavy atom. The number of nitrogens with one attached hydrogen (secondary N) is 1. The largest absolute Gasteiger partial charge is 0.240 e. The van der Waals surface area contributed by atoms with Crippen LogP contribution in [0, 0.1) is 12.8 Å². The summed E-state index contributed by atoms with van der Waals surface area (Å²) in [5.41, 5.74) is 1.05. The Balaban J connectivity index is 2.66. The molecule has 3 nitrogen and oxygen atoms in total. The molecule has 0 saturated heterocycles. The monoisotopic (exact) mass is 319 g/mol. The minimum Gasteiger partial charge on any atom is -0.211 e. The third-order valence-corrected chi connectivity index (χ3v) is 4.45. The Kier molecular flexibility index (Phi) is 5.62. The van der Waals surface area contributed by atoms with Gasteiger partial charge in [0.1, 0.15) is 0 Å². The number of alkyl halides is 1. The van der Waals surface area contributed by atoms with Gasteiger partial charge in [0.05, 0.1) is 4.90 Å². The van der Waals surface area contributed by atoms with Gasteiger partial charge in [0.2, 0.25) is 10.0 Å². The molecular formula is C12H18BrNO2S. The first-order valence-corrected chi connectivity index (χ1v) is 8.18. The zero-order valence-electron chi connectivity index (χ0n) is 10.1. The van der Waals surface area contributed by atoms with E-state index in [1.54, 1.807) is 24.3 Å². The maximum atomic E-state index is 11.9. The van der Waals surface area contributed by atoms with E-state index in [2.05, 4.69) is 20.7 Å². The molecule has 0 saturated carbocycles. The number of hydrogen-bond donors (Lipinski definition) is 1. The van der Waals surface area contributed by atoms with Crippen molar-refractivity contribution in [2.75, 3.05) is 11.9 Å². The fraction of sp³-hybridized carbons (Fsp3) is 0.500. The van der Waals surface area contributed by atoms with E-state index in [4.69, 9.17) is 0 Å². The fourth-order valence-corrected chi connectivity index (χ4v) is 3.29. The van der Waals surface area contributed by atoms with E-state index in [1.165, 1.54) is 0 Å². The molecule has 0 aliphatic carbocycles.